The molecule has 3 rings (SSSR count). The van der Waals surface area contributed by atoms with E-state index in [0.717, 1.165) is 55.0 Å². The Balaban J connectivity index is 1.74. The lowest BCUT2D eigenvalue weighted by atomic mass is 10.1. The van der Waals surface area contributed by atoms with E-state index in [1.165, 1.54) is 0 Å². The van der Waals surface area contributed by atoms with E-state index >= 15 is 0 Å². The monoisotopic (exact) mass is 360 g/mol. The van der Waals surface area contributed by atoms with Crippen LogP contribution in [0.15, 0.2) is 16.5 Å². The molecule has 0 aromatic carbocycles. The Morgan fingerprint density at radius 1 is 1.35 bits per heavy atom. The highest BCUT2D eigenvalue weighted by Gasteiger charge is 2.29. The molecule has 2 aromatic heterocycles. The van der Waals surface area contributed by atoms with Crippen molar-refractivity contribution < 1.29 is 13.9 Å². The van der Waals surface area contributed by atoms with E-state index in [0.29, 0.717) is 12.4 Å². The van der Waals surface area contributed by atoms with Crippen molar-refractivity contribution in [1.29, 1.82) is 0 Å². The largest absolute Gasteiger partial charge is 0.481 e. The lowest BCUT2D eigenvalue weighted by Gasteiger charge is -2.28. The summed E-state index contributed by atoms with van der Waals surface area (Å²) in [4.78, 5) is 14.8. The van der Waals surface area contributed by atoms with Crippen LogP contribution in [-0.2, 0) is 13.6 Å². The number of hydrogen-bond acceptors (Lipinski definition) is 4. The van der Waals surface area contributed by atoms with Crippen molar-refractivity contribution in [2.45, 2.75) is 52.1 Å². The molecule has 0 unspecified atom stereocenters. The van der Waals surface area contributed by atoms with Crippen LogP contribution in [0, 0.1) is 13.8 Å². The van der Waals surface area contributed by atoms with Gasteiger partial charge in [-0.2, -0.15) is 5.10 Å². The van der Waals surface area contributed by atoms with E-state index in [1.807, 2.05) is 37.9 Å². The maximum absolute atomic E-state index is 12.9. The summed E-state index contributed by atoms with van der Waals surface area (Å²) in [5, 5.41) is 7.41. The number of likely N-dealkylation sites (tertiary alicyclic amines) is 1. The van der Waals surface area contributed by atoms with Gasteiger partial charge in [-0.05, 0) is 38.8 Å². The third-order valence-corrected chi connectivity index (χ3v) is 5.00. The van der Waals surface area contributed by atoms with Gasteiger partial charge in [-0.1, -0.05) is 12.8 Å². The standard InChI is InChI=1S/C19H28N4O3/c1-13-9-10-17(26-13)16-8-6-5-7-11-23(16)19(24)20-12-15-14(2)21-22(3)18(15)25-4/h9-10,16H,5-8,11-12H2,1-4H3,(H,20,24)/t16-/m1/s1. The zero-order valence-electron chi connectivity index (χ0n) is 16.0. The predicted octanol–water partition coefficient (Wildman–Crippen LogP) is 3.47. The lowest BCUT2D eigenvalue weighted by molar-refractivity contribution is 0.165. The molecular formula is C19H28N4O3. The third kappa shape index (κ3) is 3.71. The molecule has 1 saturated heterocycles. The number of nitrogens with zero attached hydrogens (tertiary/aromatic N) is 3. The fraction of sp³-hybridized carbons (Fsp3) is 0.579. The summed E-state index contributed by atoms with van der Waals surface area (Å²) in [7, 11) is 3.45. The Bertz CT molecular complexity index is 765. The van der Waals surface area contributed by atoms with Crippen molar-refractivity contribution in [2.24, 2.45) is 7.05 Å². The first kappa shape index (κ1) is 18.4. The molecule has 1 aliphatic rings. The number of furan rings is 1. The Labute approximate surface area is 154 Å². The highest BCUT2D eigenvalue weighted by molar-refractivity contribution is 5.74. The van der Waals surface area contributed by atoms with Crippen molar-refractivity contribution >= 4 is 6.03 Å². The fourth-order valence-corrected chi connectivity index (χ4v) is 3.68. The van der Waals surface area contributed by atoms with Gasteiger partial charge in [0.25, 0.3) is 0 Å². The number of methoxy groups -OCH3 is 1. The van der Waals surface area contributed by atoms with Gasteiger partial charge in [-0.25, -0.2) is 9.48 Å². The zero-order chi connectivity index (χ0) is 18.7. The van der Waals surface area contributed by atoms with Gasteiger partial charge < -0.3 is 19.4 Å². The van der Waals surface area contributed by atoms with Crippen LogP contribution in [0.2, 0.25) is 0 Å². The normalized spacial score (nSPS) is 17.8. The molecule has 0 saturated carbocycles. The van der Waals surface area contributed by atoms with Gasteiger partial charge >= 0.3 is 6.03 Å². The average molecular weight is 360 g/mol. The lowest BCUT2D eigenvalue weighted by Crippen LogP contribution is -2.41. The average Bonchev–Trinajstić information content (AvgIpc) is 3.04. The smallest absolute Gasteiger partial charge is 0.318 e. The van der Waals surface area contributed by atoms with E-state index < -0.39 is 0 Å². The van der Waals surface area contributed by atoms with E-state index in [4.69, 9.17) is 9.15 Å². The van der Waals surface area contributed by atoms with E-state index in [9.17, 15) is 4.79 Å². The Hall–Kier alpha value is -2.44. The molecule has 7 heteroatoms. The van der Waals surface area contributed by atoms with Crippen LogP contribution >= 0.6 is 0 Å². The van der Waals surface area contributed by atoms with E-state index in [2.05, 4.69) is 10.4 Å². The molecule has 0 radical (unpaired) electrons. The summed E-state index contributed by atoms with van der Waals surface area (Å²) in [6, 6.07) is 3.86. The zero-order valence-corrected chi connectivity index (χ0v) is 16.0. The molecule has 142 valence electrons. The summed E-state index contributed by atoms with van der Waals surface area (Å²) < 4.78 is 12.9. The van der Waals surface area contributed by atoms with Crippen LogP contribution in [0.3, 0.4) is 0 Å². The van der Waals surface area contributed by atoms with E-state index in [-0.39, 0.29) is 12.1 Å². The minimum Gasteiger partial charge on any atom is -0.481 e. The van der Waals surface area contributed by atoms with Gasteiger partial charge in [-0.3, -0.25) is 0 Å². The number of ether oxygens (including phenoxy) is 1. The number of nitrogens with one attached hydrogen (secondary N) is 1. The summed E-state index contributed by atoms with van der Waals surface area (Å²) >= 11 is 0. The summed E-state index contributed by atoms with van der Waals surface area (Å²) in [5.41, 5.74) is 1.77. The molecular weight excluding hydrogens is 332 g/mol. The van der Waals surface area contributed by atoms with Crippen LogP contribution in [0.4, 0.5) is 4.79 Å². The minimum atomic E-state index is -0.0729. The van der Waals surface area contributed by atoms with Crippen molar-refractivity contribution in [3.05, 3.63) is 34.9 Å². The molecule has 0 bridgehead atoms. The number of urea groups is 1. The SMILES string of the molecule is COc1c(CNC(=O)N2CCCCC[C@@H]2c2ccc(C)o2)c(C)nn1C. The minimum absolute atomic E-state index is 0.0110. The molecule has 0 spiro atoms. The third-order valence-electron chi connectivity index (χ3n) is 5.00. The van der Waals surface area contributed by atoms with Gasteiger partial charge in [0.05, 0.1) is 31.0 Å². The first-order valence-corrected chi connectivity index (χ1v) is 9.18. The van der Waals surface area contributed by atoms with Crippen LogP contribution in [0.1, 0.15) is 54.5 Å². The highest BCUT2D eigenvalue weighted by Crippen LogP contribution is 2.31. The number of hydrogen-bond donors (Lipinski definition) is 1. The maximum atomic E-state index is 12.9. The predicted molar refractivity (Wildman–Crippen MR) is 98.1 cm³/mol. The number of amides is 2. The van der Waals surface area contributed by atoms with Crippen LogP contribution < -0.4 is 10.1 Å². The van der Waals surface area contributed by atoms with Crippen molar-refractivity contribution in [3.8, 4) is 5.88 Å². The topological polar surface area (TPSA) is 72.5 Å². The van der Waals surface area contributed by atoms with Crippen molar-refractivity contribution in [2.75, 3.05) is 13.7 Å². The highest BCUT2D eigenvalue weighted by atomic mass is 16.5. The van der Waals surface area contributed by atoms with Gasteiger partial charge in [0, 0.05) is 13.6 Å². The molecule has 1 aliphatic heterocycles. The van der Waals surface area contributed by atoms with Crippen molar-refractivity contribution in [1.82, 2.24) is 20.0 Å². The Kier molecular flexibility index (Phi) is 5.54. The first-order chi connectivity index (χ1) is 12.5. The quantitative estimate of drug-likeness (QED) is 0.906. The Morgan fingerprint density at radius 2 is 2.15 bits per heavy atom. The van der Waals surface area contributed by atoms with Crippen LogP contribution in [0.5, 0.6) is 5.88 Å². The molecule has 1 N–H and O–H groups in total. The van der Waals surface area contributed by atoms with Gasteiger partial charge in [0.1, 0.15) is 11.5 Å². The van der Waals surface area contributed by atoms with Gasteiger partial charge in [-0.15, -0.1) is 0 Å². The number of carbonyl (C=O) groups excluding carboxylic acids is 1. The summed E-state index contributed by atoms with van der Waals surface area (Å²) in [6.07, 6.45) is 4.17. The molecule has 2 amide bonds. The second kappa shape index (κ2) is 7.85. The molecule has 7 nitrogen and oxygen atoms in total. The molecule has 1 fully saturated rings. The summed E-state index contributed by atoms with van der Waals surface area (Å²) in [6.45, 7) is 4.98. The number of rotatable bonds is 4. The molecule has 26 heavy (non-hydrogen) atoms. The summed E-state index contributed by atoms with van der Waals surface area (Å²) in [5.74, 6) is 2.42. The van der Waals surface area contributed by atoms with Crippen molar-refractivity contribution in [3.63, 3.8) is 0 Å². The number of carbonyl (C=O) groups is 1. The fourth-order valence-electron chi connectivity index (χ4n) is 3.68. The second-order valence-electron chi connectivity index (χ2n) is 6.86. The molecule has 3 heterocycles. The Morgan fingerprint density at radius 3 is 2.85 bits per heavy atom. The van der Waals surface area contributed by atoms with Gasteiger partial charge in [0.2, 0.25) is 5.88 Å². The molecule has 0 aliphatic carbocycles. The van der Waals surface area contributed by atoms with Gasteiger partial charge in [0.15, 0.2) is 0 Å². The van der Waals surface area contributed by atoms with Crippen LogP contribution in [-0.4, -0.2) is 34.4 Å². The number of aryl methyl sites for hydroxylation is 3. The molecule has 1 atom stereocenters. The van der Waals surface area contributed by atoms with Crippen LogP contribution in [0.25, 0.3) is 0 Å². The number of aromatic nitrogens is 2. The molecule has 2 aromatic rings. The second-order valence-corrected chi connectivity index (χ2v) is 6.86. The van der Waals surface area contributed by atoms with E-state index in [1.54, 1.807) is 11.8 Å². The maximum Gasteiger partial charge on any atom is 0.318 e. The first-order valence-electron chi connectivity index (χ1n) is 9.18.